The van der Waals surface area contributed by atoms with Gasteiger partial charge in [-0.15, -0.1) is 0 Å². The van der Waals surface area contributed by atoms with Gasteiger partial charge in [0.15, 0.2) is 0 Å². The minimum atomic E-state index is -0.355. The van der Waals surface area contributed by atoms with E-state index < -0.39 is 0 Å². The van der Waals surface area contributed by atoms with Crippen molar-refractivity contribution in [2.45, 2.75) is 17.7 Å². The molecule has 0 aliphatic carbocycles. The topological polar surface area (TPSA) is 9.23 Å². The smallest absolute Gasteiger partial charge is 0.142 e. The minimum absolute atomic E-state index is 0.231. The molecule has 15 heavy (non-hydrogen) atoms. The Morgan fingerprint density at radius 3 is 2.93 bits per heavy atom. The second-order valence-corrected chi connectivity index (χ2v) is 4.98. The summed E-state index contributed by atoms with van der Waals surface area (Å²) in [7, 11) is 1.66. The lowest BCUT2D eigenvalue weighted by Crippen LogP contribution is -2.08. The molecule has 0 bridgehead atoms. The number of hydrogen-bond donors (Lipinski definition) is 0. The molecule has 0 aliphatic rings. The normalized spacial score (nSPS) is 12.8. The molecule has 0 saturated carbocycles. The fourth-order valence-corrected chi connectivity index (χ4v) is 2.03. The standard InChI is InChI=1S/C11H13BrClFO/c1-15-7-9(12)6-5-8-3-2-4-10(14)11(8)13/h2-4,9H,5-7H2,1H3. The van der Waals surface area contributed by atoms with Gasteiger partial charge in [-0.05, 0) is 24.5 Å². The predicted molar refractivity (Wildman–Crippen MR) is 64.3 cm³/mol. The average molecular weight is 296 g/mol. The van der Waals surface area contributed by atoms with E-state index in [0.717, 1.165) is 18.4 Å². The Kier molecular flexibility index (Phi) is 5.58. The van der Waals surface area contributed by atoms with E-state index in [4.69, 9.17) is 16.3 Å². The van der Waals surface area contributed by atoms with Gasteiger partial charge in [0, 0.05) is 11.9 Å². The summed E-state index contributed by atoms with van der Waals surface area (Å²) in [5.74, 6) is -0.355. The number of hydrogen-bond acceptors (Lipinski definition) is 1. The first-order valence-electron chi connectivity index (χ1n) is 4.71. The van der Waals surface area contributed by atoms with Crippen LogP contribution in [0.1, 0.15) is 12.0 Å². The minimum Gasteiger partial charge on any atom is -0.384 e. The highest BCUT2D eigenvalue weighted by atomic mass is 79.9. The van der Waals surface area contributed by atoms with Crippen molar-refractivity contribution in [3.8, 4) is 0 Å². The Bertz CT molecular complexity index is 319. The van der Waals surface area contributed by atoms with E-state index in [9.17, 15) is 4.39 Å². The van der Waals surface area contributed by atoms with E-state index in [-0.39, 0.29) is 15.7 Å². The van der Waals surface area contributed by atoms with Crippen LogP contribution in [0.25, 0.3) is 0 Å². The van der Waals surface area contributed by atoms with Crippen LogP contribution in [0.2, 0.25) is 5.02 Å². The van der Waals surface area contributed by atoms with Gasteiger partial charge in [0.2, 0.25) is 0 Å². The second kappa shape index (κ2) is 6.46. The molecule has 1 rings (SSSR count). The quantitative estimate of drug-likeness (QED) is 0.750. The molecule has 0 amide bonds. The highest BCUT2D eigenvalue weighted by Gasteiger charge is 2.08. The molecule has 1 aromatic rings. The fourth-order valence-electron chi connectivity index (χ4n) is 1.32. The molecule has 0 heterocycles. The molecule has 1 nitrogen and oxygen atoms in total. The lowest BCUT2D eigenvalue weighted by Gasteiger charge is -2.09. The number of halogens is 3. The Morgan fingerprint density at radius 2 is 2.27 bits per heavy atom. The summed E-state index contributed by atoms with van der Waals surface area (Å²) in [5, 5.41) is 0.231. The number of rotatable bonds is 5. The highest BCUT2D eigenvalue weighted by Crippen LogP contribution is 2.22. The predicted octanol–water partition coefficient (Wildman–Crippen LogP) is 3.82. The third kappa shape index (κ3) is 4.09. The number of alkyl halides is 1. The largest absolute Gasteiger partial charge is 0.384 e. The summed E-state index contributed by atoms with van der Waals surface area (Å²) in [6.07, 6.45) is 1.62. The van der Waals surface area contributed by atoms with E-state index in [1.807, 2.05) is 6.07 Å². The summed E-state index contributed by atoms with van der Waals surface area (Å²) in [6, 6.07) is 4.89. The van der Waals surface area contributed by atoms with Crippen LogP contribution in [0, 0.1) is 5.82 Å². The van der Waals surface area contributed by atoms with Gasteiger partial charge in [0.25, 0.3) is 0 Å². The monoisotopic (exact) mass is 294 g/mol. The zero-order valence-electron chi connectivity index (χ0n) is 8.47. The molecular formula is C11H13BrClFO. The molecule has 0 aliphatic heterocycles. The summed E-state index contributed by atoms with van der Waals surface area (Å²) < 4.78 is 18.1. The second-order valence-electron chi connectivity index (χ2n) is 3.30. The molecule has 0 N–H and O–H groups in total. The van der Waals surface area contributed by atoms with E-state index >= 15 is 0 Å². The molecule has 0 aromatic heterocycles. The molecule has 0 radical (unpaired) electrons. The fraction of sp³-hybridized carbons (Fsp3) is 0.455. The summed E-state index contributed by atoms with van der Waals surface area (Å²) in [6.45, 7) is 0.646. The first-order valence-corrected chi connectivity index (χ1v) is 6.00. The van der Waals surface area contributed by atoms with Crippen LogP contribution < -0.4 is 0 Å². The Hall–Kier alpha value is -0.120. The van der Waals surface area contributed by atoms with Crippen molar-refractivity contribution in [3.63, 3.8) is 0 Å². The van der Waals surface area contributed by atoms with Gasteiger partial charge in [0.1, 0.15) is 5.82 Å². The van der Waals surface area contributed by atoms with Crippen LogP contribution in [-0.2, 0) is 11.2 Å². The van der Waals surface area contributed by atoms with Crippen molar-refractivity contribution >= 4 is 27.5 Å². The van der Waals surface area contributed by atoms with Gasteiger partial charge < -0.3 is 4.74 Å². The summed E-state index contributed by atoms with van der Waals surface area (Å²) in [5.41, 5.74) is 0.845. The molecule has 84 valence electrons. The lowest BCUT2D eigenvalue weighted by atomic mass is 10.1. The Morgan fingerprint density at radius 1 is 1.53 bits per heavy atom. The van der Waals surface area contributed by atoms with E-state index in [0.29, 0.717) is 6.61 Å². The van der Waals surface area contributed by atoms with Crippen LogP contribution in [0.15, 0.2) is 18.2 Å². The maximum absolute atomic E-state index is 13.1. The number of ether oxygens (including phenoxy) is 1. The SMILES string of the molecule is COCC(Br)CCc1cccc(F)c1Cl. The molecule has 1 atom stereocenters. The average Bonchev–Trinajstić information content (AvgIpc) is 2.21. The number of aryl methyl sites for hydroxylation is 1. The van der Waals surface area contributed by atoms with Crippen LogP contribution in [0.5, 0.6) is 0 Å². The van der Waals surface area contributed by atoms with E-state index in [1.165, 1.54) is 6.07 Å². The van der Waals surface area contributed by atoms with Crippen molar-refractivity contribution in [3.05, 3.63) is 34.6 Å². The lowest BCUT2D eigenvalue weighted by molar-refractivity contribution is 0.198. The zero-order chi connectivity index (χ0) is 11.3. The highest BCUT2D eigenvalue weighted by molar-refractivity contribution is 9.09. The van der Waals surface area contributed by atoms with E-state index in [2.05, 4.69) is 15.9 Å². The van der Waals surface area contributed by atoms with Crippen LogP contribution in [0.4, 0.5) is 4.39 Å². The van der Waals surface area contributed by atoms with E-state index in [1.54, 1.807) is 13.2 Å². The van der Waals surface area contributed by atoms with Crippen LogP contribution in [0.3, 0.4) is 0 Å². The van der Waals surface area contributed by atoms with Gasteiger partial charge in [0.05, 0.1) is 11.6 Å². The van der Waals surface area contributed by atoms with Crippen molar-refractivity contribution in [1.29, 1.82) is 0 Å². The van der Waals surface area contributed by atoms with Gasteiger partial charge in [-0.25, -0.2) is 4.39 Å². The maximum atomic E-state index is 13.1. The molecule has 0 spiro atoms. The number of methoxy groups -OCH3 is 1. The molecule has 4 heteroatoms. The van der Waals surface area contributed by atoms with Crippen molar-refractivity contribution in [2.24, 2.45) is 0 Å². The van der Waals surface area contributed by atoms with Gasteiger partial charge in [-0.1, -0.05) is 39.7 Å². The molecule has 0 fully saturated rings. The first kappa shape index (κ1) is 12.9. The van der Waals surface area contributed by atoms with Crippen LogP contribution in [-0.4, -0.2) is 18.5 Å². The van der Waals surface area contributed by atoms with Gasteiger partial charge >= 0.3 is 0 Å². The Balaban J connectivity index is 2.54. The summed E-state index contributed by atoms with van der Waals surface area (Å²) >= 11 is 9.31. The Labute approximate surface area is 103 Å². The van der Waals surface area contributed by atoms with Crippen molar-refractivity contribution < 1.29 is 9.13 Å². The van der Waals surface area contributed by atoms with Crippen molar-refractivity contribution in [1.82, 2.24) is 0 Å². The first-order chi connectivity index (χ1) is 7.15. The number of benzene rings is 1. The van der Waals surface area contributed by atoms with Gasteiger partial charge in [-0.3, -0.25) is 0 Å². The van der Waals surface area contributed by atoms with Crippen molar-refractivity contribution in [2.75, 3.05) is 13.7 Å². The molecule has 1 unspecified atom stereocenters. The third-order valence-electron chi connectivity index (χ3n) is 2.11. The van der Waals surface area contributed by atoms with Gasteiger partial charge in [-0.2, -0.15) is 0 Å². The zero-order valence-corrected chi connectivity index (χ0v) is 10.8. The maximum Gasteiger partial charge on any atom is 0.142 e. The molecule has 0 saturated heterocycles. The third-order valence-corrected chi connectivity index (χ3v) is 3.25. The van der Waals surface area contributed by atoms with Crippen LogP contribution >= 0.6 is 27.5 Å². The summed E-state index contributed by atoms with van der Waals surface area (Å²) in [4.78, 5) is 0.279. The molecular weight excluding hydrogens is 282 g/mol. The molecule has 1 aromatic carbocycles.